The lowest BCUT2D eigenvalue weighted by Gasteiger charge is -2.40. The van der Waals surface area contributed by atoms with E-state index in [-0.39, 0.29) is 63.2 Å². The number of hydrogen-bond acceptors (Lipinski definition) is 7. The number of hydrogen-bond donors (Lipinski definition) is 1. The minimum atomic E-state index is -3.03. The zero-order chi connectivity index (χ0) is 37.9. The quantitative estimate of drug-likeness (QED) is 0.0544. The van der Waals surface area contributed by atoms with E-state index in [2.05, 4.69) is 5.32 Å². The molecule has 0 bridgehead atoms. The summed E-state index contributed by atoms with van der Waals surface area (Å²) in [4.78, 5) is 26.7. The Kier molecular flexibility index (Phi) is 11.6. The fourth-order valence-corrected chi connectivity index (χ4v) is 6.62. The van der Waals surface area contributed by atoms with Gasteiger partial charge in [-0.25, -0.2) is 17.7 Å². The van der Waals surface area contributed by atoms with Crippen LogP contribution in [0, 0.1) is 11.6 Å². The first-order chi connectivity index (χ1) is 25.3. The van der Waals surface area contributed by atoms with Crippen molar-refractivity contribution in [1.82, 2.24) is 9.89 Å². The van der Waals surface area contributed by atoms with Gasteiger partial charge in [-0.2, -0.15) is 13.2 Å². The minimum absolute atomic E-state index is 0.00982. The molecule has 0 atom stereocenters. The van der Waals surface area contributed by atoms with Crippen LogP contribution in [0.4, 0.5) is 32.0 Å². The maximum absolute atomic E-state index is 15.6. The van der Waals surface area contributed by atoms with Crippen LogP contribution >= 0.6 is 11.6 Å². The number of fused-ring (bicyclic) bond motifs is 2. The molecule has 4 aliphatic rings. The molecule has 9 nitrogen and oxygen atoms in total. The van der Waals surface area contributed by atoms with Gasteiger partial charge in [0.05, 0.1) is 50.6 Å². The number of alkyl halides is 5. The van der Waals surface area contributed by atoms with E-state index in [0.29, 0.717) is 25.7 Å². The summed E-state index contributed by atoms with van der Waals surface area (Å²) in [6.45, 7) is -1.49. The van der Waals surface area contributed by atoms with E-state index in [1.54, 1.807) is 0 Å². The molecule has 0 saturated carbocycles. The number of carbonyl (C=O) groups is 2. The summed E-state index contributed by atoms with van der Waals surface area (Å²) in [5, 5.41) is 14.8. The Bertz CT molecular complexity index is 2040. The zero-order valence-electron chi connectivity index (χ0n) is 28.4. The second-order valence-corrected chi connectivity index (χ2v) is 13.5. The van der Waals surface area contributed by atoms with Crippen molar-refractivity contribution in [3.05, 3.63) is 70.6 Å². The Morgan fingerprint density at radius 2 is 1.58 bits per heavy atom. The van der Waals surface area contributed by atoms with E-state index in [1.807, 2.05) is 0 Å². The topological polar surface area (TPSA) is 107 Å². The largest absolute Gasteiger partial charge is 0.545 e. The van der Waals surface area contributed by atoms with Crippen molar-refractivity contribution < 1.29 is 54.9 Å². The van der Waals surface area contributed by atoms with Crippen molar-refractivity contribution in [2.75, 3.05) is 69.9 Å². The van der Waals surface area contributed by atoms with Crippen molar-refractivity contribution in [1.29, 1.82) is 0 Å². The maximum Gasteiger partial charge on any atom is 0.361 e. The van der Waals surface area contributed by atoms with Gasteiger partial charge in [-0.3, -0.25) is 4.79 Å². The van der Waals surface area contributed by atoms with Crippen LogP contribution in [0.5, 0.6) is 0 Å². The third kappa shape index (κ3) is 8.73. The Labute approximate surface area is 305 Å². The number of benzene rings is 3. The van der Waals surface area contributed by atoms with E-state index in [1.165, 1.54) is 12.1 Å². The van der Waals surface area contributed by atoms with E-state index in [9.17, 15) is 32.3 Å². The molecule has 0 radical (unpaired) electrons. The Morgan fingerprint density at radius 1 is 0.868 bits per heavy atom. The number of unbranched alkanes of at least 4 members (excludes halogenated alkanes) is 3. The first-order valence-corrected chi connectivity index (χ1v) is 17.6. The highest BCUT2D eigenvalue weighted by Crippen LogP contribution is 2.44. The molecule has 2 saturated heterocycles. The van der Waals surface area contributed by atoms with Crippen molar-refractivity contribution in [2.45, 2.75) is 37.5 Å². The fourth-order valence-electron chi connectivity index (χ4n) is 6.43. The van der Waals surface area contributed by atoms with Crippen LogP contribution in [0.1, 0.15) is 46.4 Å². The van der Waals surface area contributed by atoms with E-state index < -0.39 is 67.1 Å². The minimum Gasteiger partial charge on any atom is -0.545 e. The van der Waals surface area contributed by atoms with Gasteiger partial charge in [0.2, 0.25) is 18.4 Å². The van der Waals surface area contributed by atoms with Crippen molar-refractivity contribution >= 4 is 40.1 Å². The molecular formula is C37H36ClF6N3O6. The fraction of sp³-hybridized carbons (Fsp3) is 0.432. The lowest BCUT2D eigenvalue weighted by atomic mass is 9.89. The average Bonchev–Trinajstić information content (AvgIpc) is 3.08. The third-order valence-electron chi connectivity index (χ3n) is 9.07. The molecule has 0 spiro atoms. The van der Waals surface area contributed by atoms with Gasteiger partial charge in [0.1, 0.15) is 17.2 Å². The van der Waals surface area contributed by atoms with Gasteiger partial charge in [-0.1, -0.05) is 18.9 Å². The van der Waals surface area contributed by atoms with Crippen LogP contribution in [-0.2, 0) is 9.47 Å². The smallest absolute Gasteiger partial charge is 0.361 e. The molecule has 3 aliphatic heterocycles. The van der Waals surface area contributed by atoms with Crippen LogP contribution < -0.4 is 25.3 Å². The van der Waals surface area contributed by atoms with Crippen LogP contribution in [0.15, 0.2) is 46.9 Å². The summed E-state index contributed by atoms with van der Waals surface area (Å²) in [6.07, 6.45) is 3.96. The normalized spacial score (nSPS) is 16.1. The molecule has 0 aromatic heterocycles. The highest BCUT2D eigenvalue weighted by molar-refractivity contribution is 6.17. The molecular weight excluding hydrogens is 732 g/mol. The van der Waals surface area contributed by atoms with E-state index in [4.69, 9.17) is 25.5 Å². The second-order valence-electron chi connectivity index (χ2n) is 13.1. The number of anilines is 1. The monoisotopic (exact) mass is 767 g/mol. The van der Waals surface area contributed by atoms with E-state index in [0.717, 1.165) is 65.5 Å². The van der Waals surface area contributed by atoms with Crippen LogP contribution in [0.2, 0.25) is 0 Å². The summed E-state index contributed by atoms with van der Waals surface area (Å²) >= 11 is 5.67. The van der Waals surface area contributed by atoms with Gasteiger partial charge in [-0.05, 0) is 42.7 Å². The second kappa shape index (κ2) is 15.9. The summed E-state index contributed by atoms with van der Waals surface area (Å²) in [6, 6.07) is 7.81. The highest BCUT2D eigenvalue weighted by Gasteiger charge is 2.50. The van der Waals surface area contributed by atoms with Gasteiger partial charge in [-0.15, -0.1) is 11.6 Å². The predicted octanol–water partition coefficient (Wildman–Crippen LogP) is 5.28. The number of nitrogens with zero attached hydrogens (tertiary/aromatic N) is 2. The standard InChI is InChI=1S/C37H36ClF6N3O6/c38-7-3-1-2-4-9-51-11-12-52-10-8-45-34(48)22-5-6-23(35(49)50)24(13-22)33-25-14-27(39)29(46-18-36(41,42)19-46)16-31(25)53-32-17-30(28(40)15-26(32)33)47-20-37(43,44)21-47/h5-6,13-17H,1-4,7-12,18-21H2,(H-,45,48,49,50). The van der Waals surface area contributed by atoms with Gasteiger partial charge in [0.25, 0.3) is 11.8 Å². The number of carboxylic acids is 1. The Balaban J connectivity index is 1.30. The van der Waals surface area contributed by atoms with Crippen LogP contribution in [0.25, 0.3) is 33.4 Å². The number of halogens is 7. The number of carbonyl (C=O) groups excluding carboxylic acids is 2. The summed E-state index contributed by atoms with van der Waals surface area (Å²) < 4.78 is 104. The number of amides is 1. The number of aromatic carboxylic acids is 1. The van der Waals surface area contributed by atoms with Crippen LogP contribution in [0.3, 0.4) is 0 Å². The molecule has 284 valence electrons. The van der Waals surface area contributed by atoms with Crippen molar-refractivity contribution in [2.24, 2.45) is 0 Å². The molecule has 16 heteroatoms. The SMILES string of the molecule is O=C(NCCOCCOCCCCCCCl)c1ccc(C(=O)[O-])c(-c2c3cc(F)c(=[N+]4CC(F)(F)C4)cc-3oc3cc(N4CC(F)(F)C4)c(F)cc23)c1. The number of ether oxygens (including phenoxy) is 2. The molecule has 6 rings (SSSR count). The van der Waals surface area contributed by atoms with E-state index >= 15 is 8.78 Å². The van der Waals surface area contributed by atoms with Gasteiger partial charge >= 0.3 is 5.92 Å². The lowest BCUT2D eigenvalue weighted by molar-refractivity contribution is -0.254. The Morgan fingerprint density at radius 3 is 2.26 bits per heavy atom. The van der Waals surface area contributed by atoms with Crippen molar-refractivity contribution in [3.8, 4) is 22.5 Å². The summed E-state index contributed by atoms with van der Waals surface area (Å²) in [5.41, 5.74) is -1.07. The molecule has 2 fully saturated rings. The molecule has 1 aliphatic carbocycles. The number of carboxylic acid groups (broad SMARTS) is 1. The third-order valence-corrected chi connectivity index (χ3v) is 9.34. The lowest BCUT2D eigenvalue weighted by Crippen LogP contribution is -2.58. The zero-order valence-corrected chi connectivity index (χ0v) is 29.2. The molecule has 2 aromatic rings. The number of nitrogens with one attached hydrogen (secondary N) is 1. The van der Waals surface area contributed by atoms with Gasteiger partial charge < -0.3 is 34.0 Å². The molecule has 0 unspecified atom stereocenters. The first kappa shape index (κ1) is 38.4. The predicted molar refractivity (Wildman–Crippen MR) is 183 cm³/mol. The molecule has 2 aromatic carbocycles. The first-order valence-electron chi connectivity index (χ1n) is 17.1. The molecule has 3 heterocycles. The highest BCUT2D eigenvalue weighted by atomic mass is 35.5. The van der Waals surface area contributed by atoms with Crippen LogP contribution in [-0.4, -0.2) is 88.8 Å². The molecule has 1 amide bonds. The molecule has 1 N–H and O–H groups in total. The van der Waals surface area contributed by atoms with Gasteiger partial charge in [0, 0.05) is 52.7 Å². The average molecular weight is 768 g/mol. The Hall–Kier alpha value is -4.34. The van der Waals surface area contributed by atoms with Crippen molar-refractivity contribution in [3.63, 3.8) is 0 Å². The summed E-state index contributed by atoms with van der Waals surface area (Å²) in [7, 11) is 0. The maximum atomic E-state index is 15.6. The summed E-state index contributed by atoms with van der Waals surface area (Å²) in [5.74, 6) is -9.69. The molecule has 53 heavy (non-hydrogen) atoms. The van der Waals surface area contributed by atoms with Gasteiger partial charge in [0.15, 0.2) is 5.82 Å². The number of rotatable bonds is 16.